The van der Waals surface area contributed by atoms with Crippen LogP contribution in [0.1, 0.15) is 19.4 Å². The molecular formula is C22H31N3O11S2. The first kappa shape index (κ1) is 29.8. The molecule has 2 fully saturated rings. The summed E-state index contributed by atoms with van der Waals surface area (Å²) in [5, 5.41) is 10.4. The van der Waals surface area contributed by atoms with Crippen molar-refractivity contribution in [3.63, 3.8) is 0 Å². The lowest BCUT2D eigenvalue weighted by molar-refractivity contribution is -0.159. The third-order valence-electron chi connectivity index (χ3n) is 6.21. The van der Waals surface area contributed by atoms with Crippen LogP contribution in [0, 0.1) is 0 Å². The molecule has 0 bridgehead atoms. The van der Waals surface area contributed by atoms with Gasteiger partial charge in [0, 0.05) is 6.54 Å². The van der Waals surface area contributed by atoms with Gasteiger partial charge in [0.25, 0.3) is 0 Å². The van der Waals surface area contributed by atoms with Crippen LogP contribution in [0.3, 0.4) is 0 Å². The number of sulfone groups is 1. The highest BCUT2D eigenvalue weighted by molar-refractivity contribution is 7.94. The maximum Gasteiger partial charge on any atom is 0.407 e. The van der Waals surface area contributed by atoms with Gasteiger partial charge in [-0.1, -0.05) is 30.3 Å². The van der Waals surface area contributed by atoms with Gasteiger partial charge in [0.15, 0.2) is 15.2 Å². The lowest BCUT2D eigenvalue weighted by Gasteiger charge is -2.42. The monoisotopic (exact) mass is 577 g/mol. The SMILES string of the molecule is CC1(C)[C@H](C(=O)O)N2C(=O)[C@@H](NS(=O)(=O)CCOCCOCCNC(=O)OCc3ccccc3)[C@H]2S1(=O)=O. The molecule has 0 aromatic heterocycles. The van der Waals surface area contributed by atoms with Crippen LogP contribution in [0.2, 0.25) is 0 Å². The Morgan fingerprint density at radius 3 is 2.34 bits per heavy atom. The fourth-order valence-corrected chi connectivity index (χ4v) is 7.53. The molecule has 0 aliphatic carbocycles. The number of aliphatic carboxylic acids is 1. The number of hydrogen-bond acceptors (Lipinski definition) is 10. The Bertz CT molecular complexity index is 1240. The van der Waals surface area contributed by atoms with Crippen LogP contribution in [0.4, 0.5) is 4.79 Å². The molecule has 3 atom stereocenters. The van der Waals surface area contributed by atoms with Crippen molar-refractivity contribution >= 4 is 37.8 Å². The van der Waals surface area contributed by atoms with Gasteiger partial charge in [0.05, 0.1) is 32.2 Å². The van der Waals surface area contributed by atoms with Crippen LogP contribution in [-0.4, -0.2) is 106 Å². The molecule has 2 aliphatic rings. The number of carbonyl (C=O) groups excluding carboxylic acids is 2. The van der Waals surface area contributed by atoms with Crippen LogP contribution in [-0.2, 0) is 50.3 Å². The highest BCUT2D eigenvalue weighted by atomic mass is 32.2. The Labute approximate surface area is 220 Å². The molecule has 2 saturated heterocycles. The first-order chi connectivity index (χ1) is 17.8. The maximum atomic E-state index is 12.8. The van der Waals surface area contributed by atoms with Gasteiger partial charge in [0.2, 0.25) is 15.9 Å². The molecule has 0 spiro atoms. The number of benzene rings is 1. The summed E-state index contributed by atoms with van der Waals surface area (Å²) in [6, 6.07) is 5.98. The lowest BCUT2D eigenvalue weighted by Crippen LogP contribution is -2.72. The maximum absolute atomic E-state index is 12.8. The van der Waals surface area contributed by atoms with E-state index < -0.39 is 65.8 Å². The third kappa shape index (κ3) is 6.43. The fourth-order valence-electron chi connectivity index (χ4n) is 4.16. The number of rotatable bonds is 14. The Balaban J connectivity index is 1.30. The fraction of sp³-hybridized carbons (Fsp3) is 0.591. The predicted octanol–water partition coefficient (Wildman–Crippen LogP) is -0.937. The Morgan fingerprint density at radius 1 is 1.08 bits per heavy atom. The van der Waals surface area contributed by atoms with E-state index in [1.807, 2.05) is 30.3 Å². The second-order valence-electron chi connectivity index (χ2n) is 9.15. The Morgan fingerprint density at radius 2 is 1.71 bits per heavy atom. The van der Waals surface area contributed by atoms with Crippen molar-refractivity contribution in [3.8, 4) is 0 Å². The molecule has 0 radical (unpaired) electrons. The minimum absolute atomic E-state index is 0.0512. The summed E-state index contributed by atoms with van der Waals surface area (Å²) in [6.45, 7) is 2.82. The molecular weight excluding hydrogens is 546 g/mol. The Kier molecular flexibility index (Phi) is 9.35. The number of fused-ring (bicyclic) bond motifs is 1. The number of alkyl carbamates (subject to hydrolysis) is 1. The predicted molar refractivity (Wildman–Crippen MR) is 132 cm³/mol. The second kappa shape index (κ2) is 11.9. The largest absolute Gasteiger partial charge is 0.480 e. The van der Waals surface area contributed by atoms with Crippen molar-refractivity contribution in [1.82, 2.24) is 14.9 Å². The van der Waals surface area contributed by atoms with Crippen LogP contribution in [0.25, 0.3) is 0 Å². The second-order valence-corrected chi connectivity index (χ2v) is 13.7. The van der Waals surface area contributed by atoms with E-state index >= 15 is 0 Å². The van der Waals surface area contributed by atoms with E-state index in [0.717, 1.165) is 5.56 Å². The normalized spacial score (nSPS) is 23.4. The smallest absolute Gasteiger partial charge is 0.407 e. The number of carbonyl (C=O) groups is 3. The van der Waals surface area contributed by atoms with Gasteiger partial charge in [-0.3, -0.25) is 4.79 Å². The zero-order chi connectivity index (χ0) is 28.1. The quantitative estimate of drug-likeness (QED) is 0.182. The van der Waals surface area contributed by atoms with Crippen molar-refractivity contribution in [2.45, 2.75) is 42.7 Å². The number of sulfonamides is 1. The number of hydrogen-bond donors (Lipinski definition) is 3. The van der Waals surface area contributed by atoms with Gasteiger partial charge in [-0.2, -0.15) is 4.72 Å². The molecule has 14 nitrogen and oxygen atoms in total. The van der Waals surface area contributed by atoms with E-state index in [0.29, 0.717) is 4.90 Å². The summed E-state index contributed by atoms with van der Waals surface area (Å²) in [5.74, 6) is -2.94. The molecule has 16 heteroatoms. The van der Waals surface area contributed by atoms with Gasteiger partial charge < -0.3 is 29.5 Å². The van der Waals surface area contributed by atoms with Gasteiger partial charge in [-0.25, -0.2) is 26.4 Å². The highest BCUT2D eigenvalue weighted by Crippen LogP contribution is 2.46. The molecule has 1 aromatic carbocycles. The number of carboxylic acids is 1. The van der Waals surface area contributed by atoms with E-state index in [-0.39, 0.29) is 39.6 Å². The molecule has 2 heterocycles. The summed E-state index contributed by atoms with van der Waals surface area (Å²) < 4.78 is 66.2. The van der Waals surface area contributed by atoms with Gasteiger partial charge >= 0.3 is 12.1 Å². The van der Waals surface area contributed by atoms with Crippen LogP contribution in [0.5, 0.6) is 0 Å². The topological polar surface area (TPSA) is 195 Å². The average Bonchev–Trinajstić information content (AvgIpc) is 3.00. The number of ether oxygens (including phenoxy) is 3. The van der Waals surface area contributed by atoms with Crippen molar-refractivity contribution in [2.75, 3.05) is 38.7 Å². The first-order valence-electron chi connectivity index (χ1n) is 11.7. The zero-order valence-corrected chi connectivity index (χ0v) is 22.5. The van der Waals surface area contributed by atoms with Gasteiger partial charge in [0.1, 0.15) is 23.4 Å². The molecule has 2 amide bonds. The van der Waals surface area contributed by atoms with Crippen LogP contribution < -0.4 is 10.0 Å². The summed E-state index contributed by atoms with van der Waals surface area (Å²) in [7, 11) is -8.27. The summed E-state index contributed by atoms with van der Waals surface area (Å²) in [5.41, 5.74) is 0.855. The van der Waals surface area contributed by atoms with E-state index in [9.17, 15) is 36.3 Å². The van der Waals surface area contributed by atoms with E-state index in [4.69, 9.17) is 14.2 Å². The summed E-state index contributed by atoms with van der Waals surface area (Å²) in [6.07, 6.45) is -0.591. The van der Waals surface area contributed by atoms with Crippen molar-refractivity contribution < 1.29 is 50.5 Å². The van der Waals surface area contributed by atoms with Crippen LogP contribution in [0.15, 0.2) is 30.3 Å². The van der Waals surface area contributed by atoms with E-state index in [1.54, 1.807) is 0 Å². The molecule has 1 aromatic rings. The minimum Gasteiger partial charge on any atom is -0.480 e. The third-order valence-corrected chi connectivity index (χ3v) is 10.3. The van der Waals surface area contributed by atoms with Crippen molar-refractivity contribution in [2.24, 2.45) is 0 Å². The Hall–Kier alpha value is -2.79. The minimum atomic E-state index is -4.16. The first-order valence-corrected chi connectivity index (χ1v) is 14.9. The van der Waals surface area contributed by atoms with Crippen molar-refractivity contribution in [3.05, 3.63) is 35.9 Å². The summed E-state index contributed by atoms with van der Waals surface area (Å²) in [4.78, 5) is 36.3. The molecule has 0 saturated carbocycles. The summed E-state index contributed by atoms with van der Waals surface area (Å²) >= 11 is 0. The molecule has 38 heavy (non-hydrogen) atoms. The zero-order valence-electron chi connectivity index (χ0n) is 20.9. The average molecular weight is 578 g/mol. The number of β-lactam (4-membered cyclic amide) rings is 1. The number of nitrogens with zero attached hydrogens (tertiary/aromatic N) is 1. The molecule has 212 valence electrons. The molecule has 3 rings (SSSR count). The standard InChI is InChI=1S/C22H31N3O11S2/c1-22(2)17(20(27)28)25-18(26)16(19(25)38(22,32)33)24-37(30,31)13-12-35-11-10-34-9-8-23-21(29)36-14-15-6-4-3-5-7-15/h3-7,16-17,19,24H,8-14H2,1-2H3,(H,23,29)(H,27,28)/t16-,17+,19-/m1/s1. The van der Waals surface area contributed by atoms with Crippen molar-refractivity contribution in [1.29, 1.82) is 0 Å². The molecule has 0 unspecified atom stereocenters. The van der Waals surface area contributed by atoms with Gasteiger partial charge in [-0.15, -0.1) is 0 Å². The lowest BCUT2D eigenvalue weighted by atomic mass is 9.96. The molecule has 2 aliphatic heterocycles. The highest BCUT2D eigenvalue weighted by Gasteiger charge is 2.72. The number of carboxylic acid groups (broad SMARTS) is 1. The number of nitrogens with one attached hydrogen (secondary N) is 2. The number of amides is 2. The van der Waals surface area contributed by atoms with Gasteiger partial charge in [-0.05, 0) is 19.4 Å². The van der Waals surface area contributed by atoms with E-state index in [2.05, 4.69) is 10.0 Å². The molecule has 3 N–H and O–H groups in total. The van der Waals surface area contributed by atoms with Crippen LogP contribution >= 0.6 is 0 Å². The van der Waals surface area contributed by atoms with E-state index in [1.165, 1.54) is 13.8 Å².